The third-order valence-corrected chi connectivity index (χ3v) is 14.8. The number of hydrogen-bond donors (Lipinski definition) is 0. The first-order valence-corrected chi connectivity index (χ1v) is 24.4. The van der Waals surface area contributed by atoms with Crippen LogP contribution in [0.1, 0.15) is 74.9 Å². The van der Waals surface area contributed by atoms with Crippen molar-refractivity contribution < 1.29 is 0 Å². The number of nitrogens with zero attached hydrogens (tertiary/aromatic N) is 2. The zero-order chi connectivity index (χ0) is 47.1. The molecule has 2 heteroatoms. The van der Waals surface area contributed by atoms with Gasteiger partial charge in [-0.15, -0.1) is 0 Å². The van der Waals surface area contributed by atoms with Gasteiger partial charge in [0.15, 0.2) is 0 Å². The minimum Gasteiger partial charge on any atom is -0.310 e. The van der Waals surface area contributed by atoms with E-state index in [1.165, 1.54) is 88.2 Å². The van der Waals surface area contributed by atoms with Crippen molar-refractivity contribution in [1.82, 2.24) is 4.57 Å². The summed E-state index contributed by atoms with van der Waals surface area (Å²) in [6.45, 7) is 13.7. The summed E-state index contributed by atoms with van der Waals surface area (Å²) in [6.07, 6.45) is 0. The van der Waals surface area contributed by atoms with Gasteiger partial charge in [-0.2, -0.15) is 0 Å². The van der Waals surface area contributed by atoms with Crippen molar-refractivity contribution in [3.8, 4) is 27.9 Å². The predicted octanol–water partition coefficient (Wildman–Crippen LogP) is 18.0. The van der Waals surface area contributed by atoms with Crippen LogP contribution in [0.5, 0.6) is 0 Å². The van der Waals surface area contributed by atoms with E-state index in [1.807, 2.05) is 0 Å². The number of benzene rings is 10. The molecule has 0 saturated carbocycles. The summed E-state index contributed by atoms with van der Waals surface area (Å²) in [7, 11) is 0. The maximum atomic E-state index is 2.50. The van der Waals surface area contributed by atoms with Gasteiger partial charge in [-0.3, -0.25) is 0 Å². The third-order valence-electron chi connectivity index (χ3n) is 14.8. The Balaban J connectivity index is 1.05. The largest absolute Gasteiger partial charge is 0.310 e. The number of rotatable bonds is 7. The van der Waals surface area contributed by atoms with Crippen LogP contribution >= 0.6 is 0 Å². The lowest BCUT2D eigenvalue weighted by molar-refractivity contribution is 0.590. The van der Waals surface area contributed by atoms with Crippen LogP contribution in [-0.4, -0.2) is 4.57 Å². The molecule has 69 heavy (non-hydrogen) atoms. The van der Waals surface area contributed by atoms with Gasteiger partial charge in [-0.1, -0.05) is 217 Å². The molecule has 10 aromatic carbocycles. The molecule has 0 spiro atoms. The maximum Gasteiger partial charge on any atom is 0.0714 e. The Morgan fingerprint density at radius 3 is 1.49 bits per heavy atom. The molecule has 334 valence electrons. The van der Waals surface area contributed by atoms with Crippen LogP contribution in [-0.2, 0) is 16.2 Å². The van der Waals surface area contributed by atoms with E-state index in [2.05, 4.69) is 282 Å². The van der Waals surface area contributed by atoms with Gasteiger partial charge in [-0.25, -0.2) is 0 Å². The van der Waals surface area contributed by atoms with Crippen LogP contribution in [0, 0.1) is 0 Å². The number of anilines is 3. The van der Waals surface area contributed by atoms with E-state index in [0.29, 0.717) is 0 Å². The van der Waals surface area contributed by atoms with Gasteiger partial charge in [0.2, 0.25) is 0 Å². The molecular formula is C67H56N2. The van der Waals surface area contributed by atoms with Crippen molar-refractivity contribution in [3.05, 3.63) is 264 Å². The van der Waals surface area contributed by atoms with Crippen LogP contribution in [0.15, 0.2) is 231 Å². The van der Waals surface area contributed by atoms with E-state index in [0.717, 1.165) is 22.7 Å². The third kappa shape index (κ3) is 6.84. The monoisotopic (exact) mass is 888 g/mol. The smallest absolute Gasteiger partial charge is 0.0714 e. The van der Waals surface area contributed by atoms with Crippen LogP contribution in [0.4, 0.5) is 17.1 Å². The molecule has 0 atom stereocenters. The van der Waals surface area contributed by atoms with Gasteiger partial charge in [0.1, 0.15) is 0 Å². The van der Waals surface area contributed by atoms with Gasteiger partial charge < -0.3 is 9.47 Å². The Morgan fingerprint density at radius 1 is 0.362 bits per heavy atom. The fraction of sp³-hybridized carbons (Fsp3) is 0.134. The summed E-state index contributed by atoms with van der Waals surface area (Å²) in [5.74, 6) is 0. The van der Waals surface area contributed by atoms with Gasteiger partial charge in [0.05, 0.1) is 22.1 Å². The predicted molar refractivity (Wildman–Crippen MR) is 293 cm³/mol. The molecule has 12 rings (SSSR count). The summed E-state index contributed by atoms with van der Waals surface area (Å²) in [4.78, 5) is 2.43. The van der Waals surface area contributed by atoms with Gasteiger partial charge in [0, 0.05) is 33.2 Å². The van der Waals surface area contributed by atoms with Gasteiger partial charge in [-0.05, 0) is 126 Å². The molecule has 0 radical (unpaired) electrons. The molecule has 0 saturated heterocycles. The lowest BCUT2D eigenvalue weighted by atomic mass is 9.67. The minimum atomic E-state index is -0.494. The van der Waals surface area contributed by atoms with Crippen LogP contribution in [0.3, 0.4) is 0 Å². The average molecular weight is 889 g/mol. The summed E-state index contributed by atoms with van der Waals surface area (Å²) in [5, 5.41) is 4.89. The second kappa shape index (κ2) is 16.1. The van der Waals surface area contributed by atoms with Crippen LogP contribution in [0.25, 0.3) is 60.5 Å². The summed E-state index contributed by atoms with van der Waals surface area (Å²) >= 11 is 0. The molecule has 1 aliphatic carbocycles. The van der Waals surface area contributed by atoms with E-state index in [-0.39, 0.29) is 10.8 Å². The molecule has 0 bridgehead atoms. The van der Waals surface area contributed by atoms with E-state index >= 15 is 0 Å². The summed E-state index contributed by atoms with van der Waals surface area (Å²) in [6, 6.07) is 86.3. The van der Waals surface area contributed by atoms with Crippen molar-refractivity contribution in [3.63, 3.8) is 0 Å². The summed E-state index contributed by atoms with van der Waals surface area (Å²) in [5.41, 5.74) is 19.3. The standard InChI is InChI=1S/C67H56N2/c1-65(2,3)46-30-34-50(35-31-46)68(51-36-32-47(33-37-51)66(4,5)6)63-42-41-53(54-23-13-14-25-57(54)63)45-29-39-59-58-26-16-18-28-62(58)69(64(59)43-45)52-38-40-56-55-24-15-17-27-60(55)67(61(56)44-52,48-19-9-7-10-20-48)49-21-11-8-12-22-49/h7-44H,1-6H3. The molecule has 2 nitrogen and oxygen atoms in total. The molecule has 11 aromatic rings. The zero-order valence-electron chi connectivity index (χ0n) is 40.3. The second-order valence-corrected chi connectivity index (χ2v) is 20.9. The molecule has 1 heterocycles. The molecule has 0 N–H and O–H groups in total. The topological polar surface area (TPSA) is 8.17 Å². The van der Waals surface area contributed by atoms with E-state index in [4.69, 9.17) is 0 Å². The highest BCUT2D eigenvalue weighted by Crippen LogP contribution is 2.57. The molecule has 1 aliphatic rings. The fourth-order valence-electron chi connectivity index (χ4n) is 11.4. The Bertz CT molecular complexity index is 3620. The highest BCUT2D eigenvalue weighted by Gasteiger charge is 2.46. The molecular weight excluding hydrogens is 833 g/mol. The minimum absolute atomic E-state index is 0.0557. The van der Waals surface area contributed by atoms with Gasteiger partial charge in [0.25, 0.3) is 0 Å². The lowest BCUT2D eigenvalue weighted by Gasteiger charge is -2.34. The first-order chi connectivity index (χ1) is 33.5. The van der Waals surface area contributed by atoms with Crippen molar-refractivity contribution in [1.29, 1.82) is 0 Å². The first kappa shape index (κ1) is 42.4. The second-order valence-electron chi connectivity index (χ2n) is 20.9. The van der Waals surface area contributed by atoms with Gasteiger partial charge >= 0.3 is 0 Å². The van der Waals surface area contributed by atoms with E-state index in [1.54, 1.807) is 0 Å². The molecule has 0 amide bonds. The lowest BCUT2D eigenvalue weighted by Crippen LogP contribution is -2.28. The first-order valence-electron chi connectivity index (χ1n) is 24.4. The fourth-order valence-corrected chi connectivity index (χ4v) is 11.4. The van der Waals surface area contributed by atoms with Crippen molar-refractivity contribution in [2.24, 2.45) is 0 Å². The van der Waals surface area contributed by atoms with Crippen LogP contribution < -0.4 is 4.90 Å². The molecule has 1 aromatic heterocycles. The Morgan fingerprint density at radius 2 is 0.870 bits per heavy atom. The van der Waals surface area contributed by atoms with E-state index in [9.17, 15) is 0 Å². The number of fused-ring (bicyclic) bond motifs is 7. The Hall–Kier alpha value is -7.94. The molecule has 0 fully saturated rings. The van der Waals surface area contributed by atoms with Crippen molar-refractivity contribution >= 4 is 49.6 Å². The summed E-state index contributed by atoms with van der Waals surface area (Å²) < 4.78 is 2.50. The Kier molecular flexibility index (Phi) is 9.90. The number of para-hydroxylation sites is 1. The van der Waals surface area contributed by atoms with Crippen molar-refractivity contribution in [2.75, 3.05) is 4.90 Å². The number of hydrogen-bond acceptors (Lipinski definition) is 1. The average Bonchev–Trinajstić information content (AvgIpc) is 3.87. The zero-order valence-corrected chi connectivity index (χ0v) is 40.3. The highest BCUT2D eigenvalue weighted by atomic mass is 15.1. The normalized spacial score (nSPS) is 13.2. The quantitative estimate of drug-likeness (QED) is 0.155. The number of aromatic nitrogens is 1. The van der Waals surface area contributed by atoms with Crippen LogP contribution in [0.2, 0.25) is 0 Å². The maximum absolute atomic E-state index is 2.50. The SMILES string of the molecule is CC(C)(C)c1ccc(N(c2ccc(C(C)(C)C)cc2)c2ccc(-c3ccc4c5ccccc5n(-c5ccc6c(c5)C(c5ccccc5)(c5ccccc5)c5ccccc5-6)c4c3)c3ccccc23)cc1. The van der Waals surface area contributed by atoms with Crippen molar-refractivity contribution in [2.45, 2.75) is 57.8 Å². The molecule has 0 unspecified atom stereocenters. The van der Waals surface area contributed by atoms with E-state index < -0.39 is 5.41 Å². The molecule has 0 aliphatic heterocycles. The highest BCUT2D eigenvalue weighted by molar-refractivity contribution is 6.12. The Labute approximate surface area is 406 Å².